The van der Waals surface area contributed by atoms with Crippen LogP contribution in [0.1, 0.15) is 57.5 Å². The summed E-state index contributed by atoms with van der Waals surface area (Å²) in [5.41, 5.74) is 0.244. The van der Waals surface area contributed by atoms with Gasteiger partial charge in [0.2, 0.25) is 0 Å². The third-order valence-corrected chi connectivity index (χ3v) is 3.74. The molecule has 1 aromatic rings. The van der Waals surface area contributed by atoms with Crippen molar-refractivity contribution < 1.29 is 39.5 Å². The third kappa shape index (κ3) is 7.09. The fourth-order valence-electron chi connectivity index (χ4n) is 2.42. The number of aromatic carboxylic acids is 2. The summed E-state index contributed by atoms with van der Waals surface area (Å²) in [5.74, 6) is -2.46. The van der Waals surface area contributed by atoms with Gasteiger partial charge in [0, 0.05) is 32.0 Å². The normalized spacial score (nSPS) is 10.8. The summed E-state index contributed by atoms with van der Waals surface area (Å²) in [7, 11) is 0. The second-order valence-electron chi connectivity index (χ2n) is 5.70. The van der Waals surface area contributed by atoms with E-state index in [9.17, 15) is 19.8 Å². The maximum Gasteiger partial charge on any atom is 0.336 e. The zero-order valence-electron chi connectivity index (χ0n) is 14.6. The lowest BCUT2D eigenvalue weighted by Crippen LogP contribution is -2.15. The van der Waals surface area contributed by atoms with E-state index in [2.05, 4.69) is 0 Å². The minimum atomic E-state index is -1.24. The van der Waals surface area contributed by atoms with Gasteiger partial charge >= 0.3 is 11.9 Å². The van der Waals surface area contributed by atoms with Crippen LogP contribution in [0.15, 0.2) is 12.1 Å². The number of aliphatic hydroxyl groups excluding tert-OH is 2. The molecule has 0 aromatic heterocycles. The van der Waals surface area contributed by atoms with Crippen LogP contribution in [-0.2, 0) is 22.7 Å². The highest BCUT2D eigenvalue weighted by atomic mass is 16.5. The van der Waals surface area contributed by atoms with Crippen molar-refractivity contribution in [3.8, 4) is 0 Å². The number of rotatable bonds is 14. The number of benzene rings is 1. The molecule has 0 unspecified atom stereocenters. The number of carbonyl (C=O) groups is 2. The molecule has 0 radical (unpaired) electrons. The Hall–Kier alpha value is -2.00. The number of carboxylic acid groups (broad SMARTS) is 2. The second-order valence-corrected chi connectivity index (χ2v) is 5.70. The Morgan fingerprint density at radius 1 is 0.808 bits per heavy atom. The number of hydrogen-bond donors (Lipinski definition) is 4. The summed E-state index contributed by atoms with van der Waals surface area (Å²) < 4.78 is 10.8. The molecule has 1 rings (SSSR count). The maximum atomic E-state index is 11.7. The summed E-state index contributed by atoms with van der Waals surface area (Å²) in [6.45, 7) is 0.646. The predicted molar refractivity (Wildman–Crippen MR) is 92.3 cm³/mol. The van der Waals surface area contributed by atoms with E-state index in [1.807, 2.05) is 0 Å². The van der Waals surface area contributed by atoms with Gasteiger partial charge in [-0.3, -0.25) is 0 Å². The summed E-state index contributed by atoms with van der Waals surface area (Å²) in [6, 6.07) is 2.79. The lowest BCUT2D eigenvalue weighted by Gasteiger charge is -2.15. The highest BCUT2D eigenvalue weighted by Crippen LogP contribution is 2.22. The van der Waals surface area contributed by atoms with Crippen molar-refractivity contribution in [2.75, 3.05) is 26.4 Å². The number of carboxylic acids is 2. The monoisotopic (exact) mass is 370 g/mol. The molecule has 0 atom stereocenters. The molecular formula is C18H26O8. The number of ether oxygens (including phenoxy) is 2. The van der Waals surface area contributed by atoms with E-state index in [-0.39, 0.29) is 43.1 Å². The fraction of sp³-hybridized carbons (Fsp3) is 0.556. The first-order valence-corrected chi connectivity index (χ1v) is 8.51. The fourth-order valence-corrected chi connectivity index (χ4v) is 2.42. The van der Waals surface area contributed by atoms with E-state index in [1.165, 1.54) is 12.1 Å². The van der Waals surface area contributed by atoms with Gasteiger partial charge in [0.1, 0.15) is 0 Å². The smallest absolute Gasteiger partial charge is 0.336 e. The molecular weight excluding hydrogens is 344 g/mol. The minimum Gasteiger partial charge on any atom is -0.478 e. The van der Waals surface area contributed by atoms with Crippen LogP contribution in [0.25, 0.3) is 0 Å². The summed E-state index contributed by atoms with van der Waals surface area (Å²) in [6.07, 6.45) is 2.39. The highest BCUT2D eigenvalue weighted by Gasteiger charge is 2.22. The van der Waals surface area contributed by atoms with Crippen molar-refractivity contribution in [3.05, 3.63) is 34.4 Å². The van der Waals surface area contributed by atoms with Gasteiger partial charge in [0.05, 0.1) is 24.3 Å². The van der Waals surface area contributed by atoms with Crippen molar-refractivity contribution in [2.45, 2.75) is 38.9 Å². The van der Waals surface area contributed by atoms with E-state index in [1.54, 1.807) is 0 Å². The number of unbranched alkanes of at least 4 members (excludes halogenated alkanes) is 2. The van der Waals surface area contributed by atoms with Crippen LogP contribution in [-0.4, -0.2) is 58.8 Å². The van der Waals surface area contributed by atoms with Gasteiger partial charge in [-0.1, -0.05) is 6.07 Å². The quantitative estimate of drug-likeness (QED) is 0.363. The van der Waals surface area contributed by atoms with E-state index in [0.717, 1.165) is 0 Å². The average Bonchev–Trinajstić information content (AvgIpc) is 2.60. The van der Waals surface area contributed by atoms with Gasteiger partial charge in [0.15, 0.2) is 0 Å². The molecule has 0 saturated heterocycles. The van der Waals surface area contributed by atoms with Gasteiger partial charge in [-0.15, -0.1) is 0 Å². The number of aliphatic hydroxyl groups is 2. The van der Waals surface area contributed by atoms with Crippen LogP contribution >= 0.6 is 0 Å². The standard InChI is InChI=1S/C18H26O8/c19-7-1-3-9-25-11-13-5-6-14(17(21)22)15(16(13)18(23)24)12-26-10-4-2-8-20/h5-6,19-20H,1-4,7-12H2,(H,21,22)(H,23,24). The van der Waals surface area contributed by atoms with Crippen LogP contribution < -0.4 is 0 Å². The van der Waals surface area contributed by atoms with Crippen LogP contribution in [0, 0.1) is 0 Å². The second kappa shape index (κ2) is 12.4. The summed E-state index contributed by atoms with van der Waals surface area (Å²) in [4.78, 5) is 23.2. The lowest BCUT2D eigenvalue weighted by molar-refractivity contribution is 0.0667. The molecule has 0 aliphatic carbocycles. The van der Waals surface area contributed by atoms with Crippen LogP contribution in [0.3, 0.4) is 0 Å². The molecule has 4 N–H and O–H groups in total. The molecule has 0 saturated carbocycles. The first-order valence-electron chi connectivity index (χ1n) is 8.51. The molecule has 146 valence electrons. The number of hydrogen-bond acceptors (Lipinski definition) is 6. The first kappa shape index (κ1) is 22.0. The Bertz CT molecular complexity index is 585. The molecule has 0 bridgehead atoms. The third-order valence-electron chi connectivity index (χ3n) is 3.74. The van der Waals surface area contributed by atoms with Crippen molar-refractivity contribution >= 4 is 11.9 Å². The largest absolute Gasteiger partial charge is 0.478 e. The van der Waals surface area contributed by atoms with Crippen molar-refractivity contribution in [1.82, 2.24) is 0 Å². The van der Waals surface area contributed by atoms with Crippen LogP contribution in [0.5, 0.6) is 0 Å². The van der Waals surface area contributed by atoms with E-state index in [0.29, 0.717) is 44.5 Å². The molecule has 0 aliphatic heterocycles. The van der Waals surface area contributed by atoms with E-state index >= 15 is 0 Å². The van der Waals surface area contributed by atoms with Gasteiger partial charge in [-0.05, 0) is 37.3 Å². The van der Waals surface area contributed by atoms with Gasteiger partial charge < -0.3 is 29.9 Å². The highest BCUT2D eigenvalue weighted by molar-refractivity contribution is 5.97. The zero-order valence-corrected chi connectivity index (χ0v) is 14.6. The van der Waals surface area contributed by atoms with E-state index in [4.69, 9.17) is 19.7 Å². The molecule has 1 aromatic carbocycles. The molecule has 8 nitrogen and oxygen atoms in total. The van der Waals surface area contributed by atoms with Crippen LogP contribution in [0.2, 0.25) is 0 Å². The molecule has 0 heterocycles. The molecule has 26 heavy (non-hydrogen) atoms. The van der Waals surface area contributed by atoms with Crippen molar-refractivity contribution in [3.63, 3.8) is 0 Å². The Morgan fingerprint density at radius 2 is 1.38 bits per heavy atom. The Balaban J connectivity index is 2.95. The molecule has 0 fully saturated rings. The summed E-state index contributed by atoms with van der Waals surface area (Å²) in [5, 5.41) is 36.4. The molecule has 0 spiro atoms. The minimum absolute atomic E-state index is 0.0322. The lowest BCUT2D eigenvalue weighted by atomic mass is 9.96. The SMILES string of the molecule is O=C(O)c1ccc(COCCCCO)c(C(=O)O)c1COCCCCO. The Morgan fingerprint density at radius 3 is 1.88 bits per heavy atom. The Labute approximate surface area is 152 Å². The topological polar surface area (TPSA) is 134 Å². The Kier molecular flexibility index (Phi) is 10.5. The molecule has 0 aliphatic rings. The van der Waals surface area contributed by atoms with E-state index < -0.39 is 11.9 Å². The van der Waals surface area contributed by atoms with Gasteiger partial charge in [-0.2, -0.15) is 0 Å². The molecule has 8 heteroatoms. The predicted octanol–water partition coefficient (Wildman–Crippen LogP) is 1.66. The maximum absolute atomic E-state index is 11.7. The van der Waals surface area contributed by atoms with Crippen molar-refractivity contribution in [1.29, 1.82) is 0 Å². The zero-order chi connectivity index (χ0) is 19.4. The first-order chi connectivity index (χ1) is 12.5. The van der Waals surface area contributed by atoms with Gasteiger partial charge in [0.25, 0.3) is 0 Å². The van der Waals surface area contributed by atoms with Crippen LogP contribution in [0.4, 0.5) is 0 Å². The average molecular weight is 370 g/mol. The summed E-state index contributed by atoms with van der Waals surface area (Å²) >= 11 is 0. The van der Waals surface area contributed by atoms with Crippen molar-refractivity contribution in [2.24, 2.45) is 0 Å². The molecule has 0 amide bonds. The van der Waals surface area contributed by atoms with Gasteiger partial charge in [-0.25, -0.2) is 9.59 Å².